The molecule has 6 nitrogen and oxygen atoms in total. The number of nitrogens with one attached hydrogen (secondary N) is 1. The number of hydrogen-bond acceptors (Lipinski definition) is 4. The lowest BCUT2D eigenvalue weighted by atomic mass is 10.1. The van der Waals surface area contributed by atoms with E-state index >= 15 is 0 Å². The molecule has 1 atom stereocenters. The monoisotopic (exact) mass is 468 g/mol. The smallest absolute Gasteiger partial charge is 0.259 e. The Bertz CT molecular complexity index is 1140. The molecule has 3 aromatic rings. The molecular formula is C29H32N4O2. The lowest BCUT2D eigenvalue weighted by molar-refractivity contribution is -0.122. The van der Waals surface area contributed by atoms with E-state index in [0.29, 0.717) is 18.5 Å². The van der Waals surface area contributed by atoms with Crippen LogP contribution in [-0.4, -0.2) is 62.0 Å². The van der Waals surface area contributed by atoms with Crippen molar-refractivity contribution in [2.45, 2.75) is 18.9 Å². The van der Waals surface area contributed by atoms with Gasteiger partial charge in [-0.2, -0.15) is 0 Å². The summed E-state index contributed by atoms with van der Waals surface area (Å²) in [5.41, 5.74) is 3.74. The van der Waals surface area contributed by atoms with E-state index in [2.05, 4.69) is 45.4 Å². The number of carbonyl (C=O) groups is 2. The molecule has 5 rings (SSSR count). The van der Waals surface area contributed by atoms with Crippen LogP contribution in [0.4, 0.5) is 11.4 Å². The highest BCUT2D eigenvalue weighted by molar-refractivity contribution is 6.11. The minimum Gasteiger partial charge on any atom is -0.369 e. The highest BCUT2D eigenvalue weighted by Crippen LogP contribution is 2.33. The quantitative estimate of drug-likeness (QED) is 0.539. The average Bonchev–Trinajstić information content (AvgIpc) is 3.32. The fourth-order valence-electron chi connectivity index (χ4n) is 5.07. The number of anilines is 2. The molecule has 6 heteroatoms. The maximum Gasteiger partial charge on any atom is 0.259 e. The first-order valence-corrected chi connectivity index (χ1v) is 12.5. The summed E-state index contributed by atoms with van der Waals surface area (Å²) < 4.78 is 0. The molecule has 2 heterocycles. The zero-order valence-corrected chi connectivity index (χ0v) is 20.0. The van der Waals surface area contributed by atoms with E-state index in [1.54, 1.807) is 17.0 Å². The zero-order chi connectivity index (χ0) is 24.0. The summed E-state index contributed by atoms with van der Waals surface area (Å²) in [7, 11) is 0. The SMILES string of the molecule is O=C(NCCCN1CCN(c2ccccc2)CC1)[C@H]1Cc2ccccc2N1C(=O)c1ccccc1. The first kappa shape index (κ1) is 23.1. The van der Waals surface area contributed by atoms with E-state index in [-0.39, 0.29) is 11.8 Å². The maximum absolute atomic E-state index is 13.3. The van der Waals surface area contributed by atoms with Gasteiger partial charge in [0.2, 0.25) is 5.91 Å². The fraction of sp³-hybridized carbons (Fsp3) is 0.310. The van der Waals surface area contributed by atoms with Gasteiger partial charge in [-0.1, -0.05) is 54.6 Å². The van der Waals surface area contributed by atoms with E-state index in [1.165, 1.54) is 5.69 Å². The maximum atomic E-state index is 13.3. The van der Waals surface area contributed by atoms with Gasteiger partial charge in [-0.05, 0) is 48.9 Å². The normalized spacial score (nSPS) is 17.8. The summed E-state index contributed by atoms with van der Waals surface area (Å²) in [5.74, 6) is -0.216. The van der Waals surface area contributed by atoms with Crippen molar-refractivity contribution in [2.75, 3.05) is 49.1 Å². The summed E-state index contributed by atoms with van der Waals surface area (Å²) in [6, 6.07) is 27.0. The van der Waals surface area contributed by atoms with Crippen molar-refractivity contribution in [3.8, 4) is 0 Å². The molecule has 0 saturated carbocycles. The molecule has 0 aromatic heterocycles. The van der Waals surface area contributed by atoms with Gasteiger partial charge in [-0.3, -0.25) is 19.4 Å². The molecule has 2 amide bonds. The number of piperazine rings is 1. The largest absolute Gasteiger partial charge is 0.369 e. The van der Waals surface area contributed by atoms with Crippen molar-refractivity contribution >= 4 is 23.2 Å². The Hall–Kier alpha value is -3.64. The average molecular weight is 469 g/mol. The van der Waals surface area contributed by atoms with E-state index in [1.807, 2.05) is 42.5 Å². The van der Waals surface area contributed by atoms with E-state index < -0.39 is 6.04 Å². The standard InChI is InChI=1S/C29H32N4O2/c34-28(30-16-9-17-31-18-20-32(21-19-31)25-13-5-2-6-14-25)27-22-24-12-7-8-15-26(24)33(27)29(35)23-10-3-1-4-11-23/h1-8,10-15,27H,9,16-22H2,(H,30,34)/t27-/m1/s1. The molecule has 0 radical (unpaired) electrons. The molecule has 35 heavy (non-hydrogen) atoms. The fourth-order valence-corrected chi connectivity index (χ4v) is 5.07. The Morgan fingerprint density at radius 2 is 1.46 bits per heavy atom. The minimum absolute atomic E-state index is 0.0839. The Morgan fingerprint density at radius 1 is 0.800 bits per heavy atom. The van der Waals surface area contributed by atoms with Crippen LogP contribution in [0.1, 0.15) is 22.3 Å². The number of hydrogen-bond donors (Lipinski definition) is 1. The molecule has 3 aromatic carbocycles. The van der Waals surface area contributed by atoms with Crippen molar-refractivity contribution in [1.29, 1.82) is 0 Å². The molecule has 180 valence electrons. The van der Waals surface area contributed by atoms with Gasteiger partial charge in [0.15, 0.2) is 0 Å². The van der Waals surface area contributed by atoms with Crippen LogP contribution >= 0.6 is 0 Å². The highest BCUT2D eigenvalue weighted by Gasteiger charge is 2.38. The van der Waals surface area contributed by atoms with Crippen molar-refractivity contribution in [1.82, 2.24) is 10.2 Å². The van der Waals surface area contributed by atoms with Gasteiger partial charge in [0, 0.05) is 56.1 Å². The summed E-state index contributed by atoms with van der Waals surface area (Å²) in [5, 5.41) is 3.10. The molecule has 1 saturated heterocycles. The second-order valence-electron chi connectivity index (χ2n) is 9.20. The Kier molecular flexibility index (Phi) is 7.09. The molecule has 2 aliphatic heterocycles. The van der Waals surface area contributed by atoms with Crippen LogP contribution in [0.25, 0.3) is 0 Å². The first-order chi connectivity index (χ1) is 17.2. The van der Waals surface area contributed by atoms with E-state index in [0.717, 1.165) is 50.4 Å². The zero-order valence-electron chi connectivity index (χ0n) is 20.0. The molecule has 2 aliphatic rings. The number of carbonyl (C=O) groups excluding carboxylic acids is 2. The molecule has 0 spiro atoms. The van der Waals surface area contributed by atoms with E-state index in [9.17, 15) is 9.59 Å². The lowest BCUT2D eigenvalue weighted by Crippen LogP contribution is -2.49. The summed E-state index contributed by atoms with van der Waals surface area (Å²) >= 11 is 0. The third-order valence-corrected chi connectivity index (χ3v) is 6.96. The molecule has 1 fully saturated rings. The lowest BCUT2D eigenvalue weighted by Gasteiger charge is -2.36. The summed E-state index contributed by atoms with van der Waals surface area (Å²) in [4.78, 5) is 33.1. The predicted molar refractivity (Wildman–Crippen MR) is 140 cm³/mol. The van der Waals surface area contributed by atoms with Gasteiger partial charge in [0.05, 0.1) is 0 Å². The van der Waals surface area contributed by atoms with Crippen LogP contribution in [-0.2, 0) is 11.2 Å². The second kappa shape index (κ2) is 10.7. The van der Waals surface area contributed by atoms with Crippen LogP contribution in [0.15, 0.2) is 84.9 Å². The van der Waals surface area contributed by atoms with Gasteiger partial charge in [0.25, 0.3) is 5.91 Å². The first-order valence-electron chi connectivity index (χ1n) is 12.5. The number of nitrogens with zero attached hydrogens (tertiary/aromatic N) is 3. The van der Waals surface area contributed by atoms with Gasteiger partial charge in [-0.25, -0.2) is 0 Å². The highest BCUT2D eigenvalue weighted by atomic mass is 16.2. The van der Waals surface area contributed by atoms with Gasteiger partial charge >= 0.3 is 0 Å². The van der Waals surface area contributed by atoms with Crippen LogP contribution in [0.2, 0.25) is 0 Å². The Labute approximate surface area is 207 Å². The van der Waals surface area contributed by atoms with Crippen molar-refractivity contribution in [2.24, 2.45) is 0 Å². The molecule has 1 N–H and O–H groups in total. The molecular weight excluding hydrogens is 436 g/mol. The number of rotatable bonds is 7. The number of amides is 2. The minimum atomic E-state index is -0.519. The number of para-hydroxylation sites is 2. The van der Waals surface area contributed by atoms with Crippen LogP contribution in [0.5, 0.6) is 0 Å². The molecule has 0 aliphatic carbocycles. The van der Waals surface area contributed by atoms with Crippen molar-refractivity contribution in [3.05, 3.63) is 96.1 Å². The van der Waals surface area contributed by atoms with Crippen LogP contribution in [0, 0.1) is 0 Å². The van der Waals surface area contributed by atoms with Gasteiger partial charge in [-0.15, -0.1) is 0 Å². The topological polar surface area (TPSA) is 55.9 Å². The molecule has 0 bridgehead atoms. The predicted octanol–water partition coefficient (Wildman–Crippen LogP) is 3.59. The Morgan fingerprint density at radius 3 is 2.20 bits per heavy atom. The van der Waals surface area contributed by atoms with Crippen LogP contribution < -0.4 is 15.1 Å². The number of fused-ring (bicyclic) bond motifs is 1. The van der Waals surface area contributed by atoms with Gasteiger partial charge in [0.1, 0.15) is 6.04 Å². The number of benzene rings is 3. The summed E-state index contributed by atoms with van der Waals surface area (Å²) in [6.45, 7) is 5.67. The second-order valence-corrected chi connectivity index (χ2v) is 9.20. The van der Waals surface area contributed by atoms with Gasteiger partial charge < -0.3 is 10.2 Å². The molecule has 0 unspecified atom stereocenters. The van der Waals surface area contributed by atoms with Crippen molar-refractivity contribution < 1.29 is 9.59 Å². The van der Waals surface area contributed by atoms with E-state index in [4.69, 9.17) is 0 Å². The van der Waals surface area contributed by atoms with Crippen LogP contribution in [0.3, 0.4) is 0 Å². The third kappa shape index (κ3) is 5.23. The Balaban J connectivity index is 1.13. The summed E-state index contributed by atoms with van der Waals surface area (Å²) in [6.07, 6.45) is 1.44. The third-order valence-electron chi connectivity index (χ3n) is 6.96. The van der Waals surface area contributed by atoms with Crippen molar-refractivity contribution in [3.63, 3.8) is 0 Å².